The first kappa shape index (κ1) is 23.3. The van der Waals surface area contributed by atoms with Crippen molar-refractivity contribution in [1.82, 2.24) is 10.2 Å². The van der Waals surface area contributed by atoms with Gasteiger partial charge in [0.05, 0.1) is 5.56 Å². The van der Waals surface area contributed by atoms with Crippen LogP contribution in [-0.2, 0) is 4.79 Å². The van der Waals surface area contributed by atoms with Crippen LogP contribution >= 0.6 is 0 Å². The fraction of sp³-hybridized carbons (Fsp3) is 0.393. The van der Waals surface area contributed by atoms with Gasteiger partial charge in [0, 0.05) is 37.5 Å². The minimum atomic E-state index is -0.589. The van der Waals surface area contributed by atoms with Crippen LogP contribution in [0.3, 0.4) is 0 Å². The number of benzene rings is 2. The minimum absolute atomic E-state index is 0.0102. The summed E-state index contributed by atoms with van der Waals surface area (Å²) in [6.07, 6.45) is 5.77. The molecule has 7 heteroatoms. The van der Waals surface area contributed by atoms with E-state index in [1.165, 1.54) is 36.6 Å². The molecule has 0 bridgehead atoms. The number of aldehydes is 1. The van der Waals surface area contributed by atoms with E-state index in [2.05, 4.69) is 34.5 Å². The van der Waals surface area contributed by atoms with Crippen molar-refractivity contribution in [2.75, 3.05) is 38.1 Å². The zero-order chi connectivity index (χ0) is 24.4. The predicted molar refractivity (Wildman–Crippen MR) is 135 cm³/mol. The maximum atomic E-state index is 14.6. The van der Waals surface area contributed by atoms with E-state index in [0.717, 1.165) is 44.6 Å². The summed E-state index contributed by atoms with van der Waals surface area (Å²) in [5.74, 6) is 2.35. The van der Waals surface area contributed by atoms with Gasteiger partial charge < -0.3 is 15.1 Å². The molecule has 6 nitrogen and oxygen atoms in total. The lowest BCUT2D eigenvalue weighted by molar-refractivity contribution is -0.104. The summed E-state index contributed by atoms with van der Waals surface area (Å²) in [5, 5.41) is 12.6. The lowest BCUT2D eigenvalue weighted by Crippen LogP contribution is -2.40. The highest BCUT2D eigenvalue weighted by atomic mass is 19.1. The van der Waals surface area contributed by atoms with E-state index in [1.54, 1.807) is 6.07 Å². The first-order chi connectivity index (χ1) is 17.1. The van der Waals surface area contributed by atoms with Crippen LogP contribution in [0.5, 0.6) is 0 Å². The predicted octanol–water partition coefficient (Wildman–Crippen LogP) is 4.04. The number of nitrogens with zero attached hydrogens (tertiary/aromatic N) is 4. The van der Waals surface area contributed by atoms with Crippen LogP contribution in [0.4, 0.5) is 10.1 Å². The van der Waals surface area contributed by atoms with Crippen molar-refractivity contribution in [2.45, 2.75) is 25.2 Å². The molecule has 0 aromatic heterocycles. The molecule has 5 rings (SSSR count). The second kappa shape index (κ2) is 10.0. The lowest BCUT2D eigenvalue weighted by atomic mass is 9.89. The number of piperidine rings is 1. The molecule has 0 spiro atoms. The Hall–Kier alpha value is -3.50. The largest absolute Gasteiger partial charge is 0.356 e. The molecule has 1 N–H and O–H groups in total. The summed E-state index contributed by atoms with van der Waals surface area (Å²) in [6, 6.07) is 14.8. The second-order valence-electron chi connectivity index (χ2n) is 9.74. The number of fused-ring (bicyclic) bond motifs is 1. The lowest BCUT2D eigenvalue weighted by Gasteiger charge is -2.36. The van der Waals surface area contributed by atoms with Crippen molar-refractivity contribution >= 4 is 17.8 Å². The molecule has 1 saturated carbocycles. The highest BCUT2D eigenvalue weighted by Gasteiger charge is 2.33. The van der Waals surface area contributed by atoms with Crippen LogP contribution in [0, 0.1) is 29.0 Å². The Morgan fingerprint density at radius 3 is 2.63 bits per heavy atom. The molecule has 2 aliphatic heterocycles. The molecule has 2 heterocycles. The maximum Gasteiger partial charge on any atom is 0.146 e. The first-order valence-electron chi connectivity index (χ1n) is 12.3. The summed E-state index contributed by atoms with van der Waals surface area (Å²) in [4.78, 5) is 20.6. The molecule has 3 aliphatic rings. The van der Waals surface area contributed by atoms with Crippen LogP contribution in [0.15, 0.2) is 59.4 Å². The molecule has 0 radical (unpaired) electrons. The summed E-state index contributed by atoms with van der Waals surface area (Å²) in [6.45, 7) is 3.67. The molecule has 2 aromatic rings. The summed E-state index contributed by atoms with van der Waals surface area (Å²) < 4.78 is 14.6. The van der Waals surface area contributed by atoms with Crippen molar-refractivity contribution in [1.29, 1.82) is 5.26 Å². The third-order valence-corrected chi connectivity index (χ3v) is 7.46. The number of hydrogen-bond acceptors (Lipinski definition) is 5. The van der Waals surface area contributed by atoms with E-state index in [-0.39, 0.29) is 5.56 Å². The van der Waals surface area contributed by atoms with E-state index in [4.69, 9.17) is 4.99 Å². The molecular formula is C28H30FN5O. The zero-order valence-corrected chi connectivity index (χ0v) is 20.0. The van der Waals surface area contributed by atoms with Crippen LogP contribution in [0.1, 0.15) is 41.9 Å². The fourth-order valence-corrected chi connectivity index (χ4v) is 5.21. The Morgan fingerprint density at radius 2 is 1.94 bits per heavy atom. The van der Waals surface area contributed by atoms with Gasteiger partial charge in [0.25, 0.3) is 0 Å². The topological polar surface area (TPSA) is 71.7 Å². The SMILES string of the molecule is CN(C(=N/C(=C\C=O)N1CCC2CNCC2C1)c1ccc(C#N)c(F)c1)c1ccc(C2CC2)cc1. The minimum Gasteiger partial charge on any atom is -0.356 e. The van der Waals surface area contributed by atoms with Crippen LogP contribution in [0.2, 0.25) is 0 Å². The Bertz CT molecular complexity index is 1190. The molecular weight excluding hydrogens is 441 g/mol. The first-order valence-corrected chi connectivity index (χ1v) is 12.3. The number of halogens is 1. The standard InChI is InChI=1S/C28H30FN5O/c1-33(25-8-6-20(7-9-25)19-2-3-19)28(21-4-5-22(15-30)26(29)14-21)32-27(11-13-35)34-12-10-23-16-31-17-24(23)18-34/h4-9,11,13-14,19,23-24,31H,2-3,10,12,16-18H2,1H3/b27-11+,32-28?. The number of allylic oxidation sites excluding steroid dienone is 1. The second-order valence-corrected chi connectivity index (χ2v) is 9.74. The Labute approximate surface area is 205 Å². The maximum absolute atomic E-state index is 14.6. The zero-order valence-electron chi connectivity index (χ0n) is 20.0. The van der Waals surface area contributed by atoms with Gasteiger partial charge in [-0.2, -0.15) is 5.26 Å². The summed E-state index contributed by atoms with van der Waals surface area (Å²) >= 11 is 0. The third-order valence-electron chi connectivity index (χ3n) is 7.46. The van der Waals surface area contributed by atoms with Gasteiger partial charge in [0.2, 0.25) is 0 Å². The van der Waals surface area contributed by atoms with Crippen molar-refractivity contribution in [2.24, 2.45) is 16.8 Å². The number of nitrogens with one attached hydrogen (secondary N) is 1. The van der Waals surface area contributed by atoms with E-state index < -0.39 is 5.82 Å². The third kappa shape index (κ3) is 4.98. The van der Waals surface area contributed by atoms with Crippen molar-refractivity contribution in [3.63, 3.8) is 0 Å². The number of nitriles is 1. The molecule has 35 heavy (non-hydrogen) atoms. The van der Waals surface area contributed by atoms with E-state index in [0.29, 0.717) is 35.0 Å². The number of likely N-dealkylation sites (tertiary alicyclic amines) is 1. The number of carbonyl (C=O) groups excluding carboxylic acids is 1. The average Bonchev–Trinajstić information content (AvgIpc) is 3.63. The summed E-state index contributed by atoms with van der Waals surface area (Å²) in [7, 11) is 1.90. The van der Waals surface area contributed by atoms with Crippen LogP contribution in [0.25, 0.3) is 0 Å². The number of carbonyl (C=O) groups is 1. The number of anilines is 1. The number of rotatable bonds is 6. The fourth-order valence-electron chi connectivity index (χ4n) is 5.21. The van der Waals surface area contributed by atoms with E-state index >= 15 is 0 Å². The van der Waals surface area contributed by atoms with Gasteiger partial charge in [-0.05, 0) is 86.0 Å². The van der Waals surface area contributed by atoms with Gasteiger partial charge in [0.15, 0.2) is 0 Å². The highest BCUT2D eigenvalue weighted by molar-refractivity contribution is 6.10. The highest BCUT2D eigenvalue weighted by Crippen LogP contribution is 2.40. The Kier molecular flexibility index (Phi) is 6.65. The molecule has 180 valence electrons. The van der Waals surface area contributed by atoms with Gasteiger partial charge in [-0.3, -0.25) is 4.79 Å². The molecule has 2 saturated heterocycles. The van der Waals surface area contributed by atoms with Crippen LogP contribution in [-0.4, -0.2) is 50.2 Å². The molecule has 2 atom stereocenters. The van der Waals surface area contributed by atoms with Crippen molar-refractivity contribution in [3.8, 4) is 6.07 Å². The molecule has 1 aliphatic carbocycles. The van der Waals surface area contributed by atoms with E-state index in [1.807, 2.05) is 18.0 Å². The molecule has 2 aromatic carbocycles. The molecule has 0 amide bonds. The number of hydrogen-bond donors (Lipinski definition) is 1. The van der Waals surface area contributed by atoms with Crippen molar-refractivity contribution in [3.05, 3.63) is 76.9 Å². The molecule has 2 unspecified atom stereocenters. The van der Waals surface area contributed by atoms with Gasteiger partial charge in [-0.15, -0.1) is 0 Å². The normalized spacial score (nSPS) is 22.5. The van der Waals surface area contributed by atoms with Gasteiger partial charge >= 0.3 is 0 Å². The number of amidine groups is 1. The van der Waals surface area contributed by atoms with E-state index in [9.17, 15) is 14.4 Å². The van der Waals surface area contributed by atoms with Gasteiger partial charge in [-0.25, -0.2) is 9.38 Å². The van der Waals surface area contributed by atoms with Gasteiger partial charge in [-0.1, -0.05) is 12.1 Å². The Balaban J connectivity index is 1.52. The monoisotopic (exact) mass is 471 g/mol. The number of aliphatic imine (C=N–C) groups is 1. The van der Waals surface area contributed by atoms with Gasteiger partial charge in [0.1, 0.15) is 29.8 Å². The molecule has 3 fully saturated rings. The van der Waals surface area contributed by atoms with Crippen molar-refractivity contribution < 1.29 is 9.18 Å². The Morgan fingerprint density at radius 1 is 1.17 bits per heavy atom. The summed E-state index contributed by atoms with van der Waals surface area (Å²) in [5.41, 5.74) is 2.79. The quantitative estimate of drug-likeness (QED) is 0.298. The smallest absolute Gasteiger partial charge is 0.146 e. The average molecular weight is 472 g/mol. The van der Waals surface area contributed by atoms with Crippen LogP contribution < -0.4 is 10.2 Å².